The highest BCUT2D eigenvalue weighted by Gasteiger charge is 2.39. The van der Waals surface area contributed by atoms with Crippen LogP contribution in [0, 0.1) is 0 Å². The van der Waals surface area contributed by atoms with Crippen LogP contribution >= 0.6 is 0 Å². The van der Waals surface area contributed by atoms with Crippen molar-refractivity contribution >= 4 is 24.4 Å². The highest BCUT2D eigenvalue weighted by Crippen LogP contribution is 2.37. The van der Waals surface area contributed by atoms with Crippen molar-refractivity contribution in [2.75, 3.05) is 11.5 Å². The molecule has 0 aromatic carbocycles. The van der Waals surface area contributed by atoms with E-state index in [-0.39, 0.29) is 16.5 Å². The maximum Gasteiger partial charge on any atom is 0.193 e. The van der Waals surface area contributed by atoms with Crippen molar-refractivity contribution in [1.82, 2.24) is 0 Å². The van der Waals surface area contributed by atoms with E-state index in [9.17, 15) is 13.2 Å². The van der Waals surface area contributed by atoms with Gasteiger partial charge in [-0.2, -0.15) is 0 Å². The lowest BCUT2D eigenvalue weighted by Crippen LogP contribution is -2.46. The van der Waals surface area contributed by atoms with Crippen LogP contribution in [0.2, 0.25) is 18.1 Å². The number of aldehydes is 1. The van der Waals surface area contributed by atoms with Crippen LogP contribution in [0.1, 0.15) is 27.7 Å². The van der Waals surface area contributed by atoms with Crippen molar-refractivity contribution in [2.24, 2.45) is 0 Å². The molecule has 0 amide bonds. The summed E-state index contributed by atoms with van der Waals surface area (Å²) in [4.78, 5) is 10.9. The van der Waals surface area contributed by atoms with Crippen LogP contribution in [0.15, 0.2) is 0 Å². The Morgan fingerprint density at radius 2 is 1.76 bits per heavy atom. The molecule has 0 aliphatic heterocycles. The van der Waals surface area contributed by atoms with Crippen LogP contribution in [0.5, 0.6) is 0 Å². The third-order valence-corrected chi connectivity index (χ3v) is 9.48. The fraction of sp³-hybridized carbons (Fsp3) is 0.909. The van der Waals surface area contributed by atoms with Gasteiger partial charge in [-0.25, -0.2) is 8.42 Å². The van der Waals surface area contributed by atoms with Gasteiger partial charge in [0.05, 0.1) is 5.75 Å². The highest BCUT2D eigenvalue weighted by molar-refractivity contribution is 7.91. The molecule has 0 rings (SSSR count). The third-order valence-electron chi connectivity index (χ3n) is 3.26. The average molecular weight is 280 g/mol. The molecule has 0 heterocycles. The molecule has 4 nitrogen and oxygen atoms in total. The number of sulfone groups is 1. The normalized spacial score (nSPS) is 15.6. The van der Waals surface area contributed by atoms with E-state index in [1.165, 1.54) is 0 Å². The van der Waals surface area contributed by atoms with Gasteiger partial charge in [-0.05, 0) is 18.1 Å². The molecule has 17 heavy (non-hydrogen) atoms. The Morgan fingerprint density at radius 3 is 2.06 bits per heavy atom. The molecule has 0 aromatic rings. The Balaban J connectivity index is 4.80. The van der Waals surface area contributed by atoms with Gasteiger partial charge in [-0.3, -0.25) is 0 Å². The van der Waals surface area contributed by atoms with Gasteiger partial charge in [0.2, 0.25) is 0 Å². The second kappa shape index (κ2) is 5.62. The number of carbonyl (C=O) groups excluding carboxylic acids is 1. The summed E-state index contributed by atoms with van der Waals surface area (Å²) in [5, 5.41) is -0.0375. The Kier molecular flexibility index (Phi) is 5.56. The van der Waals surface area contributed by atoms with Crippen LogP contribution in [0.3, 0.4) is 0 Å². The van der Waals surface area contributed by atoms with Gasteiger partial charge in [0.1, 0.15) is 12.4 Å². The smallest absolute Gasteiger partial charge is 0.193 e. The van der Waals surface area contributed by atoms with Crippen molar-refractivity contribution in [1.29, 1.82) is 0 Å². The SMILES string of the molecule is CCS(=O)(=O)C[C@@H](C=O)O[Si](C)(C)C(C)(C)C. The molecule has 0 aromatic heterocycles. The van der Waals surface area contributed by atoms with Gasteiger partial charge in [0.25, 0.3) is 0 Å². The van der Waals surface area contributed by atoms with Crippen molar-refractivity contribution in [3.8, 4) is 0 Å². The molecule has 0 saturated carbocycles. The summed E-state index contributed by atoms with van der Waals surface area (Å²) in [5.41, 5.74) is 0. The second-order valence-corrected chi connectivity index (χ2v) is 12.9. The lowest BCUT2D eigenvalue weighted by Gasteiger charge is -2.37. The zero-order chi connectivity index (χ0) is 13.9. The molecular weight excluding hydrogens is 256 g/mol. The topological polar surface area (TPSA) is 60.4 Å². The lowest BCUT2D eigenvalue weighted by molar-refractivity contribution is -0.113. The maximum absolute atomic E-state index is 11.5. The van der Waals surface area contributed by atoms with Crippen molar-refractivity contribution in [3.63, 3.8) is 0 Å². The summed E-state index contributed by atoms with van der Waals surface area (Å²) < 4.78 is 28.7. The molecule has 6 heteroatoms. The number of rotatable bonds is 6. The monoisotopic (exact) mass is 280 g/mol. The van der Waals surface area contributed by atoms with E-state index in [1.807, 2.05) is 13.1 Å². The van der Waals surface area contributed by atoms with E-state index in [0.29, 0.717) is 6.29 Å². The van der Waals surface area contributed by atoms with Gasteiger partial charge in [0, 0.05) is 5.75 Å². The van der Waals surface area contributed by atoms with Gasteiger partial charge in [-0.1, -0.05) is 27.7 Å². The molecule has 0 spiro atoms. The Morgan fingerprint density at radius 1 is 1.29 bits per heavy atom. The zero-order valence-corrected chi connectivity index (χ0v) is 13.4. The minimum absolute atomic E-state index is 0.0375. The Hall–Kier alpha value is -0.203. The first-order valence-electron chi connectivity index (χ1n) is 5.78. The molecule has 0 saturated heterocycles. The maximum atomic E-state index is 11.5. The van der Waals surface area contributed by atoms with Gasteiger partial charge < -0.3 is 9.22 Å². The van der Waals surface area contributed by atoms with E-state index in [1.54, 1.807) is 6.92 Å². The fourth-order valence-corrected chi connectivity index (χ4v) is 3.28. The minimum atomic E-state index is -3.18. The molecule has 0 bridgehead atoms. The van der Waals surface area contributed by atoms with E-state index < -0.39 is 24.3 Å². The average Bonchev–Trinajstić information content (AvgIpc) is 2.14. The Bertz CT molecular complexity index is 354. The van der Waals surface area contributed by atoms with Crippen LogP contribution in [0.4, 0.5) is 0 Å². The highest BCUT2D eigenvalue weighted by atomic mass is 32.2. The largest absolute Gasteiger partial charge is 0.406 e. The molecular formula is C11H24O4SSi. The number of carbonyl (C=O) groups is 1. The molecule has 102 valence electrons. The molecule has 0 aliphatic rings. The second-order valence-electron chi connectivity index (χ2n) is 5.75. The van der Waals surface area contributed by atoms with Crippen LogP contribution in [-0.4, -0.2) is 40.6 Å². The Labute approximate surface area is 106 Å². The molecule has 0 radical (unpaired) electrons. The predicted octanol–water partition coefficient (Wildman–Crippen LogP) is 2.01. The quantitative estimate of drug-likeness (QED) is 0.551. The van der Waals surface area contributed by atoms with Gasteiger partial charge >= 0.3 is 0 Å². The summed E-state index contributed by atoms with van der Waals surface area (Å²) in [7, 11) is -5.28. The van der Waals surface area contributed by atoms with Crippen LogP contribution < -0.4 is 0 Å². The number of hydrogen-bond acceptors (Lipinski definition) is 4. The van der Waals surface area contributed by atoms with E-state index >= 15 is 0 Å². The van der Waals surface area contributed by atoms with Crippen molar-refractivity contribution < 1.29 is 17.6 Å². The van der Waals surface area contributed by atoms with E-state index in [0.717, 1.165) is 0 Å². The van der Waals surface area contributed by atoms with E-state index in [2.05, 4.69) is 20.8 Å². The number of hydrogen-bond donors (Lipinski definition) is 0. The molecule has 0 unspecified atom stereocenters. The summed E-state index contributed by atoms with van der Waals surface area (Å²) in [5.74, 6) is -0.169. The first kappa shape index (κ1) is 16.8. The van der Waals surface area contributed by atoms with Crippen LogP contribution in [0.25, 0.3) is 0 Å². The van der Waals surface area contributed by atoms with Gasteiger partial charge in [-0.15, -0.1) is 0 Å². The lowest BCUT2D eigenvalue weighted by atomic mass is 10.2. The molecule has 1 atom stereocenters. The van der Waals surface area contributed by atoms with Crippen molar-refractivity contribution in [3.05, 3.63) is 0 Å². The standard InChI is InChI=1S/C11H24O4SSi/c1-7-16(13,14)9-10(8-12)15-17(5,6)11(2,3)4/h8,10H,7,9H2,1-6H3/t10-/m1/s1. The van der Waals surface area contributed by atoms with Crippen molar-refractivity contribution in [2.45, 2.75) is 51.9 Å². The zero-order valence-electron chi connectivity index (χ0n) is 11.6. The predicted molar refractivity (Wildman–Crippen MR) is 72.5 cm³/mol. The first-order valence-corrected chi connectivity index (χ1v) is 10.5. The summed E-state index contributed by atoms with van der Waals surface area (Å²) >= 11 is 0. The minimum Gasteiger partial charge on any atom is -0.406 e. The summed E-state index contributed by atoms with van der Waals surface area (Å²) in [6, 6.07) is 0. The molecule has 0 aliphatic carbocycles. The summed E-state index contributed by atoms with van der Waals surface area (Å²) in [6.07, 6.45) is -0.228. The molecule has 0 N–H and O–H groups in total. The first-order chi connectivity index (χ1) is 7.45. The fourth-order valence-electron chi connectivity index (χ4n) is 1.02. The van der Waals surface area contributed by atoms with E-state index in [4.69, 9.17) is 4.43 Å². The third kappa shape index (κ3) is 5.31. The van der Waals surface area contributed by atoms with Gasteiger partial charge in [0.15, 0.2) is 18.2 Å². The molecule has 0 fully saturated rings. The summed E-state index contributed by atoms with van der Waals surface area (Å²) in [6.45, 7) is 11.7. The van der Waals surface area contributed by atoms with Crippen LogP contribution in [-0.2, 0) is 19.1 Å².